The van der Waals surface area contributed by atoms with E-state index < -0.39 is 15.3 Å². The van der Waals surface area contributed by atoms with Crippen molar-refractivity contribution >= 4 is 65.8 Å². The first kappa shape index (κ1) is 35.3. The fraction of sp³-hybridized carbons (Fsp3) is 0.0182. The van der Waals surface area contributed by atoms with Gasteiger partial charge in [0, 0.05) is 39.2 Å². The predicted molar refractivity (Wildman–Crippen MR) is 247 cm³/mol. The monoisotopic (exact) mass is 803 g/mol. The second-order valence-corrected chi connectivity index (χ2v) is 17.5. The predicted octanol–water partition coefficient (Wildman–Crippen LogP) is 13.6. The molecule has 61 heavy (non-hydrogen) atoms. The Morgan fingerprint density at radius 3 is 1.54 bits per heavy atom. The standard InChI is InChI=1S/C55H37N3O2S/c59-61(60)52-31-17-13-27-46(52)55(44-25-11-15-29-49(44)58(40-22-8-3-9-23-40)50-30-16-12-26-45(50)55)47-36-37-51-53(54(47)61)43-24-10-14-28-48(43)57(51)42-34-32-41(33-35-42)56(38-18-4-1-5-19-38)39-20-6-2-7-21-39/h1-37H. The van der Waals surface area contributed by atoms with Crippen molar-refractivity contribution in [3.8, 4) is 5.69 Å². The zero-order valence-corrected chi connectivity index (χ0v) is 33.7. The molecule has 10 aromatic rings. The Bertz CT molecular complexity index is 3350. The molecule has 5 nitrogen and oxygen atoms in total. The van der Waals surface area contributed by atoms with Crippen LogP contribution in [0.2, 0.25) is 0 Å². The number of rotatable bonds is 5. The molecule has 1 aromatic heterocycles. The Hall–Kier alpha value is -7.67. The van der Waals surface area contributed by atoms with E-state index in [2.05, 4.69) is 184 Å². The number of hydrogen-bond donors (Lipinski definition) is 0. The number of benzene rings is 9. The molecule has 0 saturated carbocycles. The first-order chi connectivity index (χ1) is 30.1. The molecule has 9 aromatic carbocycles. The molecule has 0 aliphatic carbocycles. The summed E-state index contributed by atoms with van der Waals surface area (Å²) in [6, 6.07) is 76.8. The molecule has 0 atom stereocenters. The van der Waals surface area contributed by atoms with Gasteiger partial charge in [0.05, 0.1) is 37.6 Å². The molecule has 2 aliphatic heterocycles. The van der Waals surface area contributed by atoms with E-state index in [1.807, 2.05) is 48.5 Å². The molecule has 0 fully saturated rings. The summed E-state index contributed by atoms with van der Waals surface area (Å²) in [5.74, 6) is 0. The van der Waals surface area contributed by atoms with Crippen LogP contribution in [0.3, 0.4) is 0 Å². The highest BCUT2D eigenvalue weighted by Gasteiger charge is 2.54. The summed E-state index contributed by atoms with van der Waals surface area (Å²) in [5.41, 5.74) is 11.5. The van der Waals surface area contributed by atoms with Crippen molar-refractivity contribution < 1.29 is 8.42 Å². The van der Waals surface area contributed by atoms with Gasteiger partial charge in [0.2, 0.25) is 9.84 Å². The van der Waals surface area contributed by atoms with Crippen LogP contribution in [0, 0.1) is 0 Å². The lowest BCUT2D eigenvalue weighted by Gasteiger charge is -2.49. The van der Waals surface area contributed by atoms with E-state index in [9.17, 15) is 0 Å². The summed E-state index contributed by atoms with van der Waals surface area (Å²) >= 11 is 0. The van der Waals surface area contributed by atoms with Crippen LogP contribution >= 0.6 is 0 Å². The van der Waals surface area contributed by atoms with Crippen molar-refractivity contribution in [3.63, 3.8) is 0 Å². The third-order valence-corrected chi connectivity index (χ3v) is 14.4. The van der Waals surface area contributed by atoms with Gasteiger partial charge >= 0.3 is 0 Å². The summed E-state index contributed by atoms with van der Waals surface area (Å²) in [4.78, 5) is 5.24. The lowest BCUT2D eigenvalue weighted by molar-refractivity contribution is 0.579. The number of hydrogen-bond acceptors (Lipinski definition) is 4. The van der Waals surface area contributed by atoms with Gasteiger partial charge in [0.25, 0.3) is 0 Å². The lowest BCUT2D eigenvalue weighted by atomic mass is 9.62. The first-order valence-corrected chi connectivity index (χ1v) is 22.0. The third kappa shape index (κ3) is 4.97. The van der Waals surface area contributed by atoms with E-state index in [0.29, 0.717) is 9.79 Å². The van der Waals surface area contributed by atoms with Crippen molar-refractivity contribution in [1.82, 2.24) is 4.57 Å². The van der Waals surface area contributed by atoms with Crippen LogP contribution in [-0.4, -0.2) is 13.0 Å². The Labute approximate surface area is 354 Å². The van der Waals surface area contributed by atoms with Crippen molar-refractivity contribution in [2.45, 2.75) is 15.2 Å². The third-order valence-electron chi connectivity index (χ3n) is 12.6. The van der Waals surface area contributed by atoms with E-state index in [-0.39, 0.29) is 0 Å². The fourth-order valence-electron chi connectivity index (χ4n) is 10.2. The maximum atomic E-state index is 15.6. The topological polar surface area (TPSA) is 45.6 Å². The Morgan fingerprint density at radius 2 is 0.902 bits per heavy atom. The maximum Gasteiger partial charge on any atom is 0.207 e. The summed E-state index contributed by atoms with van der Waals surface area (Å²) < 4.78 is 33.4. The average Bonchev–Trinajstić information content (AvgIpc) is 3.66. The van der Waals surface area contributed by atoms with Gasteiger partial charge in [-0.1, -0.05) is 133 Å². The minimum atomic E-state index is -4.05. The number of anilines is 6. The van der Waals surface area contributed by atoms with Gasteiger partial charge in [0.15, 0.2) is 0 Å². The van der Waals surface area contributed by atoms with Crippen molar-refractivity contribution in [2.24, 2.45) is 0 Å². The number of para-hydroxylation sites is 6. The zero-order chi connectivity index (χ0) is 40.7. The minimum Gasteiger partial charge on any atom is -0.311 e. The van der Waals surface area contributed by atoms with E-state index in [4.69, 9.17) is 0 Å². The van der Waals surface area contributed by atoms with Gasteiger partial charge < -0.3 is 14.4 Å². The normalized spacial score (nSPS) is 14.3. The van der Waals surface area contributed by atoms with Gasteiger partial charge in [-0.3, -0.25) is 0 Å². The molecule has 3 heterocycles. The Balaban J connectivity index is 1.14. The molecule has 0 radical (unpaired) electrons. The molecule has 0 saturated heterocycles. The van der Waals surface area contributed by atoms with Gasteiger partial charge in [0.1, 0.15) is 0 Å². The van der Waals surface area contributed by atoms with Gasteiger partial charge in [-0.2, -0.15) is 0 Å². The molecule has 0 amide bonds. The fourth-order valence-corrected chi connectivity index (χ4v) is 12.2. The highest BCUT2D eigenvalue weighted by Crippen LogP contribution is 2.62. The van der Waals surface area contributed by atoms with Crippen molar-refractivity contribution in [1.29, 1.82) is 0 Å². The van der Waals surface area contributed by atoms with Crippen LogP contribution in [-0.2, 0) is 15.3 Å². The van der Waals surface area contributed by atoms with Crippen LogP contribution in [0.5, 0.6) is 0 Å². The van der Waals surface area contributed by atoms with Crippen molar-refractivity contribution in [3.05, 3.63) is 247 Å². The summed E-state index contributed by atoms with van der Waals surface area (Å²) in [6.45, 7) is 0. The van der Waals surface area contributed by atoms with E-state index in [0.717, 1.165) is 83.9 Å². The zero-order valence-electron chi connectivity index (χ0n) is 32.9. The van der Waals surface area contributed by atoms with Crippen LogP contribution in [0.25, 0.3) is 27.5 Å². The molecule has 0 unspecified atom stereocenters. The van der Waals surface area contributed by atoms with E-state index in [1.54, 1.807) is 6.07 Å². The smallest absolute Gasteiger partial charge is 0.207 e. The van der Waals surface area contributed by atoms with Gasteiger partial charge in [-0.25, -0.2) is 8.42 Å². The molecular weight excluding hydrogens is 767 g/mol. The minimum absolute atomic E-state index is 0.330. The molecule has 6 heteroatoms. The van der Waals surface area contributed by atoms with Crippen LogP contribution in [0.4, 0.5) is 34.1 Å². The van der Waals surface area contributed by atoms with Crippen LogP contribution in [0.15, 0.2) is 234 Å². The molecule has 1 spiro atoms. The second-order valence-electron chi connectivity index (χ2n) is 15.7. The number of aromatic nitrogens is 1. The maximum absolute atomic E-state index is 15.6. The summed E-state index contributed by atoms with van der Waals surface area (Å²) in [6.07, 6.45) is 0. The average molecular weight is 804 g/mol. The van der Waals surface area contributed by atoms with Crippen LogP contribution < -0.4 is 9.80 Å². The summed E-state index contributed by atoms with van der Waals surface area (Å²) in [5, 5.41) is 1.61. The number of sulfone groups is 1. The number of fused-ring (bicyclic) bond motifs is 12. The van der Waals surface area contributed by atoms with E-state index >= 15 is 8.42 Å². The van der Waals surface area contributed by atoms with Gasteiger partial charge in [-0.05, 0) is 113 Å². The molecule has 2 aliphatic rings. The molecule has 0 N–H and O–H groups in total. The van der Waals surface area contributed by atoms with Crippen LogP contribution in [0.1, 0.15) is 22.3 Å². The largest absolute Gasteiger partial charge is 0.311 e. The molecular formula is C55H37N3O2S. The lowest BCUT2D eigenvalue weighted by Crippen LogP contribution is -2.42. The van der Waals surface area contributed by atoms with Gasteiger partial charge in [-0.15, -0.1) is 0 Å². The number of nitrogens with zero attached hydrogens (tertiary/aromatic N) is 3. The SMILES string of the molecule is O=S1(=O)c2ccccc2C2(c3ccccc3N(c3ccccc3)c3ccccc32)c2ccc3c(c21)c1ccccc1n3-c1ccc(N(c2ccccc2)c2ccccc2)cc1. The summed E-state index contributed by atoms with van der Waals surface area (Å²) in [7, 11) is -4.05. The molecule has 290 valence electrons. The highest BCUT2D eigenvalue weighted by molar-refractivity contribution is 7.92. The second kappa shape index (κ2) is 13.4. The Morgan fingerprint density at radius 1 is 0.393 bits per heavy atom. The van der Waals surface area contributed by atoms with Crippen molar-refractivity contribution in [2.75, 3.05) is 9.80 Å². The highest BCUT2D eigenvalue weighted by atomic mass is 32.2. The Kier molecular flexibility index (Phi) is 7.77. The van der Waals surface area contributed by atoms with E-state index in [1.165, 1.54) is 0 Å². The molecule has 0 bridgehead atoms. The molecule has 12 rings (SSSR count). The first-order valence-electron chi connectivity index (χ1n) is 20.5. The quantitative estimate of drug-likeness (QED) is 0.174.